The molecule has 0 spiro atoms. The highest BCUT2D eigenvalue weighted by Gasteiger charge is 2.23. The van der Waals surface area contributed by atoms with Crippen molar-refractivity contribution < 1.29 is 19.0 Å². The Morgan fingerprint density at radius 1 is 1.07 bits per heavy atom. The number of methoxy groups -OCH3 is 2. The molecule has 1 N–H and O–H groups in total. The fraction of sp³-hybridized carbons (Fsp3) is 0.632. The summed E-state index contributed by atoms with van der Waals surface area (Å²) in [5.74, 6) is 1.56. The van der Waals surface area contributed by atoms with E-state index < -0.39 is 0 Å². The minimum Gasteiger partial charge on any atom is -0.497 e. The predicted molar refractivity (Wildman–Crippen MR) is 104 cm³/mol. The molecule has 0 radical (unpaired) electrons. The second kappa shape index (κ2) is 9.66. The summed E-state index contributed by atoms with van der Waals surface area (Å²) in [6.45, 7) is 7.94. The molecule has 2 saturated heterocycles. The second-order valence-corrected chi connectivity index (χ2v) is 6.70. The highest BCUT2D eigenvalue weighted by Crippen LogP contribution is 2.32. The number of benzene rings is 1. The zero-order valence-electron chi connectivity index (χ0n) is 16.3. The summed E-state index contributed by atoms with van der Waals surface area (Å²) in [6.07, 6.45) is 0. The van der Waals surface area contributed by atoms with Crippen LogP contribution in [0.1, 0.15) is 0 Å². The van der Waals surface area contributed by atoms with E-state index >= 15 is 0 Å². The van der Waals surface area contributed by atoms with E-state index in [0.29, 0.717) is 19.6 Å². The summed E-state index contributed by atoms with van der Waals surface area (Å²) in [6, 6.07) is 5.85. The van der Waals surface area contributed by atoms with E-state index in [-0.39, 0.29) is 6.03 Å². The molecule has 1 aromatic rings. The van der Waals surface area contributed by atoms with Crippen LogP contribution < -0.4 is 19.7 Å². The Morgan fingerprint density at radius 2 is 1.81 bits per heavy atom. The molecule has 3 rings (SSSR count). The Labute approximate surface area is 160 Å². The minimum atomic E-state index is 0.0182. The first kappa shape index (κ1) is 19.6. The van der Waals surface area contributed by atoms with E-state index in [1.165, 1.54) is 0 Å². The second-order valence-electron chi connectivity index (χ2n) is 6.70. The van der Waals surface area contributed by atoms with Crippen molar-refractivity contribution in [2.45, 2.75) is 0 Å². The number of nitrogens with one attached hydrogen (secondary N) is 1. The topological polar surface area (TPSA) is 66.5 Å². The number of carbonyl (C=O) groups is 1. The Hall–Kier alpha value is -2.19. The molecule has 2 aliphatic heterocycles. The average Bonchev–Trinajstić information content (AvgIpc) is 2.74. The smallest absolute Gasteiger partial charge is 0.317 e. The van der Waals surface area contributed by atoms with Crippen molar-refractivity contribution in [3.8, 4) is 11.5 Å². The zero-order chi connectivity index (χ0) is 19.1. The Morgan fingerprint density at radius 3 is 2.48 bits per heavy atom. The zero-order valence-corrected chi connectivity index (χ0v) is 16.3. The van der Waals surface area contributed by atoms with Crippen LogP contribution in [0.25, 0.3) is 0 Å². The van der Waals surface area contributed by atoms with Gasteiger partial charge in [0.1, 0.15) is 11.5 Å². The van der Waals surface area contributed by atoms with Gasteiger partial charge in [-0.05, 0) is 12.1 Å². The fourth-order valence-corrected chi connectivity index (χ4v) is 3.45. The van der Waals surface area contributed by atoms with Crippen molar-refractivity contribution in [1.82, 2.24) is 15.1 Å². The average molecular weight is 378 g/mol. The van der Waals surface area contributed by atoms with Crippen molar-refractivity contribution in [2.24, 2.45) is 0 Å². The molecule has 2 amide bonds. The van der Waals surface area contributed by atoms with Gasteiger partial charge in [0.05, 0.1) is 33.1 Å². The SMILES string of the molecule is COc1ccc(N2CCN(C(=O)NCCN3CCOCC3)CC2)c(OC)c1. The van der Waals surface area contributed by atoms with Gasteiger partial charge in [-0.3, -0.25) is 4.90 Å². The van der Waals surface area contributed by atoms with Gasteiger partial charge in [0.15, 0.2) is 0 Å². The van der Waals surface area contributed by atoms with Crippen LogP contribution in [-0.4, -0.2) is 95.6 Å². The van der Waals surface area contributed by atoms with Gasteiger partial charge in [0, 0.05) is 58.4 Å². The van der Waals surface area contributed by atoms with Crippen LogP contribution in [0.3, 0.4) is 0 Å². The quantitative estimate of drug-likeness (QED) is 0.792. The van der Waals surface area contributed by atoms with Gasteiger partial charge in [-0.25, -0.2) is 4.79 Å². The highest BCUT2D eigenvalue weighted by molar-refractivity contribution is 5.74. The number of nitrogens with zero attached hydrogens (tertiary/aromatic N) is 3. The summed E-state index contributed by atoms with van der Waals surface area (Å²) >= 11 is 0. The predicted octanol–water partition coefficient (Wildman–Crippen LogP) is 0.868. The molecule has 0 aromatic heterocycles. The summed E-state index contributed by atoms with van der Waals surface area (Å²) in [4.78, 5) is 18.8. The van der Waals surface area contributed by atoms with E-state index in [4.69, 9.17) is 14.2 Å². The number of anilines is 1. The number of rotatable bonds is 6. The standard InChI is InChI=1S/C19H30N4O4/c1-25-16-3-4-17(18(15-16)26-2)22-7-9-23(10-8-22)19(24)20-5-6-21-11-13-27-14-12-21/h3-4,15H,5-14H2,1-2H3,(H,20,24). The van der Waals surface area contributed by atoms with Gasteiger partial charge in [0.2, 0.25) is 0 Å². The van der Waals surface area contributed by atoms with Crippen LogP contribution in [0.5, 0.6) is 11.5 Å². The first-order chi connectivity index (χ1) is 13.2. The maximum atomic E-state index is 12.4. The van der Waals surface area contributed by atoms with Crippen LogP contribution in [0, 0.1) is 0 Å². The van der Waals surface area contributed by atoms with Crippen LogP contribution in [0.4, 0.5) is 10.5 Å². The Bertz CT molecular complexity index is 614. The van der Waals surface area contributed by atoms with Crippen molar-refractivity contribution in [3.05, 3.63) is 18.2 Å². The van der Waals surface area contributed by atoms with Gasteiger partial charge in [-0.1, -0.05) is 0 Å². The lowest BCUT2D eigenvalue weighted by molar-refractivity contribution is 0.0386. The maximum Gasteiger partial charge on any atom is 0.317 e. The lowest BCUT2D eigenvalue weighted by Crippen LogP contribution is -2.53. The molecule has 27 heavy (non-hydrogen) atoms. The minimum absolute atomic E-state index is 0.0182. The van der Waals surface area contributed by atoms with E-state index in [9.17, 15) is 4.79 Å². The molecule has 0 atom stereocenters. The molecule has 1 aromatic carbocycles. The number of hydrogen-bond acceptors (Lipinski definition) is 6. The normalized spacial score (nSPS) is 18.3. The van der Waals surface area contributed by atoms with Crippen LogP contribution in [-0.2, 0) is 4.74 Å². The fourth-order valence-electron chi connectivity index (χ4n) is 3.45. The summed E-state index contributed by atoms with van der Waals surface area (Å²) in [7, 11) is 3.31. The highest BCUT2D eigenvalue weighted by atomic mass is 16.5. The molecule has 8 nitrogen and oxygen atoms in total. The third-order valence-electron chi connectivity index (χ3n) is 5.10. The molecule has 0 saturated carbocycles. The van der Waals surface area contributed by atoms with Crippen LogP contribution in [0.15, 0.2) is 18.2 Å². The van der Waals surface area contributed by atoms with Crippen molar-refractivity contribution >= 4 is 11.7 Å². The summed E-state index contributed by atoms with van der Waals surface area (Å²) in [5, 5.41) is 3.04. The largest absolute Gasteiger partial charge is 0.497 e. The molecular weight excluding hydrogens is 348 g/mol. The van der Waals surface area contributed by atoms with Crippen LogP contribution >= 0.6 is 0 Å². The van der Waals surface area contributed by atoms with Gasteiger partial charge < -0.3 is 29.3 Å². The molecule has 0 bridgehead atoms. The molecule has 8 heteroatoms. The van der Waals surface area contributed by atoms with Gasteiger partial charge in [-0.2, -0.15) is 0 Å². The number of carbonyl (C=O) groups excluding carboxylic acids is 1. The summed E-state index contributed by atoms with van der Waals surface area (Å²) < 4.78 is 16.1. The number of urea groups is 1. The third-order valence-corrected chi connectivity index (χ3v) is 5.10. The van der Waals surface area contributed by atoms with E-state index in [0.717, 1.165) is 63.1 Å². The van der Waals surface area contributed by atoms with Gasteiger partial charge in [0.25, 0.3) is 0 Å². The van der Waals surface area contributed by atoms with Crippen molar-refractivity contribution in [1.29, 1.82) is 0 Å². The summed E-state index contributed by atoms with van der Waals surface area (Å²) in [5.41, 5.74) is 1.03. The molecule has 0 unspecified atom stereocenters. The van der Waals surface area contributed by atoms with Crippen molar-refractivity contribution in [3.63, 3.8) is 0 Å². The van der Waals surface area contributed by atoms with Crippen LogP contribution in [0.2, 0.25) is 0 Å². The molecule has 2 heterocycles. The number of hydrogen-bond donors (Lipinski definition) is 1. The Kier molecular flexibility index (Phi) is 7.00. The first-order valence-electron chi connectivity index (χ1n) is 9.51. The lowest BCUT2D eigenvalue weighted by atomic mass is 10.2. The lowest BCUT2D eigenvalue weighted by Gasteiger charge is -2.36. The molecule has 0 aliphatic carbocycles. The maximum absolute atomic E-state index is 12.4. The van der Waals surface area contributed by atoms with Gasteiger partial charge >= 0.3 is 6.03 Å². The van der Waals surface area contributed by atoms with Gasteiger partial charge in [-0.15, -0.1) is 0 Å². The molecular formula is C19H30N4O4. The third kappa shape index (κ3) is 5.17. The van der Waals surface area contributed by atoms with E-state index in [1.54, 1.807) is 14.2 Å². The number of piperazine rings is 1. The van der Waals surface area contributed by atoms with E-state index in [1.807, 2.05) is 23.1 Å². The van der Waals surface area contributed by atoms with Crippen molar-refractivity contribution in [2.75, 3.05) is 84.7 Å². The van der Waals surface area contributed by atoms with E-state index in [2.05, 4.69) is 15.1 Å². The number of amides is 2. The monoisotopic (exact) mass is 378 g/mol. The number of morpholine rings is 1. The molecule has 2 aliphatic rings. The first-order valence-corrected chi connectivity index (χ1v) is 9.51. The Balaban J connectivity index is 1.45. The molecule has 150 valence electrons. The number of ether oxygens (including phenoxy) is 3. The molecule has 2 fully saturated rings.